The van der Waals surface area contributed by atoms with Crippen molar-refractivity contribution in [3.8, 4) is 0 Å². The molecule has 1 aliphatic carbocycles. The fraction of sp³-hybridized carbons (Fsp3) is 0.444. The van der Waals surface area contributed by atoms with Crippen molar-refractivity contribution in [3.63, 3.8) is 0 Å². The Morgan fingerprint density at radius 1 is 1.24 bits per heavy atom. The van der Waals surface area contributed by atoms with Crippen LogP contribution in [0.15, 0.2) is 47.3 Å². The molecule has 34 heavy (non-hydrogen) atoms. The molecule has 0 bridgehead atoms. The van der Waals surface area contributed by atoms with Crippen molar-refractivity contribution in [2.24, 2.45) is 5.41 Å². The van der Waals surface area contributed by atoms with E-state index in [2.05, 4.69) is 17.1 Å². The van der Waals surface area contributed by atoms with E-state index in [9.17, 15) is 14.0 Å². The summed E-state index contributed by atoms with van der Waals surface area (Å²) in [4.78, 5) is 27.2. The first-order valence-electron chi connectivity index (χ1n) is 12.1. The number of benzene rings is 2. The molecular weight excluding hydrogens is 433 g/mol. The summed E-state index contributed by atoms with van der Waals surface area (Å²) in [6.45, 7) is 4.20. The fourth-order valence-electron chi connectivity index (χ4n) is 5.58. The smallest absolute Gasteiger partial charge is 0.272 e. The first-order chi connectivity index (χ1) is 16.5. The molecule has 1 N–H and O–H groups in total. The number of likely N-dealkylation sites (tertiary alicyclic amines) is 1. The number of carbonyl (C=O) groups is 1. The lowest BCUT2D eigenvalue weighted by Crippen LogP contribution is -2.32. The Morgan fingerprint density at radius 3 is 2.88 bits per heavy atom. The minimum atomic E-state index is -0.510. The number of carbonyl (C=O) groups excluding carboxylic acids is 1. The van der Waals surface area contributed by atoms with Crippen LogP contribution in [0.1, 0.15) is 60.6 Å². The molecule has 2 aliphatic rings. The van der Waals surface area contributed by atoms with Crippen molar-refractivity contribution in [1.82, 2.24) is 15.1 Å². The zero-order valence-electron chi connectivity index (χ0n) is 19.5. The second kappa shape index (κ2) is 9.29. The Morgan fingerprint density at radius 2 is 2.06 bits per heavy atom. The zero-order chi connectivity index (χ0) is 23.7. The number of ether oxygens (including phenoxy) is 1. The largest absolute Gasteiger partial charge is 0.378 e. The number of aromatic nitrogens is 2. The normalized spacial score (nSPS) is 22.2. The van der Waals surface area contributed by atoms with Crippen LogP contribution in [0.25, 0.3) is 10.8 Å². The number of aromatic amines is 1. The van der Waals surface area contributed by atoms with Gasteiger partial charge >= 0.3 is 0 Å². The molecule has 7 heteroatoms. The van der Waals surface area contributed by atoms with E-state index < -0.39 is 5.82 Å². The first-order valence-corrected chi connectivity index (χ1v) is 12.1. The number of halogens is 1. The molecule has 2 atom stereocenters. The van der Waals surface area contributed by atoms with Crippen LogP contribution in [0.5, 0.6) is 0 Å². The Bertz CT molecular complexity index is 1270. The van der Waals surface area contributed by atoms with Gasteiger partial charge in [0.15, 0.2) is 0 Å². The third kappa shape index (κ3) is 4.37. The van der Waals surface area contributed by atoms with E-state index in [1.54, 1.807) is 29.2 Å². The van der Waals surface area contributed by atoms with Crippen molar-refractivity contribution in [2.75, 3.05) is 19.7 Å². The van der Waals surface area contributed by atoms with Gasteiger partial charge in [-0.05, 0) is 61.3 Å². The number of nitrogens with zero attached hydrogens (tertiary/aromatic N) is 2. The summed E-state index contributed by atoms with van der Waals surface area (Å²) in [6, 6.07) is 11.9. The molecule has 1 spiro atoms. The molecule has 6 nitrogen and oxygen atoms in total. The molecule has 2 unspecified atom stereocenters. The summed E-state index contributed by atoms with van der Waals surface area (Å²) in [5, 5.41) is 8.07. The molecule has 3 aromatic rings. The van der Waals surface area contributed by atoms with E-state index in [1.807, 2.05) is 12.1 Å². The highest BCUT2D eigenvalue weighted by atomic mass is 19.1. The highest BCUT2D eigenvalue weighted by Gasteiger charge is 2.45. The molecule has 2 fully saturated rings. The van der Waals surface area contributed by atoms with Crippen molar-refractivity contribution >= 4 is 16.7 Å². The van der Waals surface area contributed by atoms with Crippen LogP contribution in [0.4, 0.5) is 4.39 Å². The third-order valence-electron chi connectivity index (χ3n) is 7.35. The number of hydrogen-bond donors (Lipinski definition) is 1. The zero-order valence-corrected chi connectivity index (χ0v) is 19.5. The van der Waals surface area contributed by atoms with Crippen LogP contribution >= 0.6 is 0 Å². The first kappa shape index (κ1) is 22.7. The van der Waals surface area contributed by atoms with E-state index in [-0.39, 0.29) is 28.5 Å². The SMILES string of the molecule is CCCOC1CCC2(CCN(C(=O)c3cc(Cc4n[nH]c(=O)c5ccccc45)ccc3F)C2)C1. The fourth-order valence-corrected chi connectivity index (χ4v) is 5.58. The lowest BCUT2D eigenvalue weighted by Gasteiger charge is -2.24. The van der Waals surface area contributed by atoms with Crippen molar-refractivity contribution in [3.05, 3.63) is 75.5 Å². The predicted octanol–water partition coefficient (Wildman–Crippen LogP) is 4.46. The Balaban J connectivity index is 1.33. The molecule has 0 radical (unpaired) electrons. The van der Waals surface area contributed by atoms with Crippen LogP contribution in [0, 0.1) is 11.2 Å². The van der Waals surface area contributed by atoms with Gasteiger partial charge in [-0.25, -0.2) is 9.49 Å². The molecule has 1 saturated heterocycles. The topological polar surface area (TPSA) is 75.3 Å². The molecule has 1 aliphatic heterocycles. The average molecular weight is 464 g/mol. The van der Waals surface area contributed by atoms with Crippen molar-refractivity contribution < 1.29 is 13.9 Å². The van der Waals surface area contributed by atoms with Gasteiger partial charge in [0.2, 0.25) is 0 Å². The van der Waals surface area contributed by atoms with Crippen LogP contribution < -0.4 is 5.56 Å². The van der Waals surface area contributed by atoms with Gasteiger partial charge in [0.25, 0.3) is 11.5 Å². The van der Waals surface area contributed by atoms with E-state index in [0.29, 0.717) is 30.6 Å². The molecule has 1 saturated carbocycles. The van der Waals surface area contributed by atoms with Gasteiger partial charge in [0.05, 0.1) is 22.7 Å². The maximum absolute atomic E-state index is 14.8. The van der Waals surface area contributed by atoms with Crippen LogP contribution in [0.3, 0.4) is 0 Å². The summed E-state index contributed by atoms with van der Waals surface area (Å²) in [6.07, 6.45) is 5.68. The highest BCUT2D eigenvalue weighted by molar-refractivity contribution is 5.95. The number of amides is 1. The minimum Gasteiger partial charge on any atom is -0.378 e. The van der Waals surface area contributed by atoms with E-state index in [4.69, 9.17) is 4.74 Å². The molecule has 1 aromatic heterocycles. The highest BCUT2D eigenvalue weighted by Crippen LogP contribution is 2.46. The number of rotatable bonds is 6. The second-order valence-corrected chi connectivity index (χ2v) is 9.75. The Hall–Kier alpha value is -3.06. The van der Waals surface area contributed by atoms with Gasteiger partial charge in [0, 0.05) is 31.5 Å². The maximum atomic E-state index is 14.8. The molecule has 5 rings (SSSR count). The number of fused-ring (bicyclic) bond motifs is 1. The van der Waals surface area contributed by atoms with Crippen molar-refractivity contribution in [2.45, 2.75) is 51.6 Å². The maximum Gasteiger partial charge on any atom is 0.272 e. The summed E-state index contributed by atoms with van der Waals surface area (Å²) in [5.41, 5.74) is 1.41. The Kier molecular flexibility index (Phi) is 6.21. The van der Waals surface area contributed by atoms with Gasteiger partial charge in [-0.3, -0.25) is 9.59 Å². The molecule has 2 aromatic carbocycles. The number of H-pyrrole nitrogens is 1. The average Bonchev–Trinajstić information content (AvgIpc) is 3.46. The van der Waals surface area contributed by atoms with Crippen molar-refractivity contribution in [1.29, 1.82) is 0 Å². The summed E-state index contributed by atoms with van der Waals surface area (Å²) in [7, 11) is 0. The molecule has 2 heterocycles. The quantitative estimate of drug-likeness (QED) is 0.586. The second-order valence-electron chi connectivity index (χ2n) is 9.75. The summed E-state index contributed by atoms with van der Waals surface area (Å²) < 4.78 is 20.7. The summed E-state index contributed by atoms with van der Waals surface area (Å²) in [5.74, 6) is -0.766. The van der Waals surface area contributed by atoms with Gasteiger partial charge < -0.3 is 9.64 Å². The van der Waals surface area contributed by atoms with Crippen LogP contribution in [0.2, 0.25) is 0 Å². The van der Waals surface area contributed by atoms with Crippen LogP contribution in [-0.4, -0.2) is 46.8 Å². The molecule has 1 amide bonds. The number of hydrogen-bond acceptors (Lipinski definition) is 4. The molecule has 178 valence electrons. The van der Waals surface area contributed by atoms with Gasteiger partial charge in [0.1, 0.15) is 5.82 Å². The summed E-state index contributed by atoms with van der Waals surface area (Å²) >= 11 is 0. The lowest BCUT2D eigenvalue weighted by atomic mass is 9.85. The minimum absolute atomic E-state index is 0.0973. The van der Waals surface area contributed by atoms with Gasteiger partial charge in [-0.1, -0.05) is 31.2 Å². The monoisotopic (exact) mass is 463 g/mol. The lowest BCUT2D eigenvalue weighted by molar-refractivity contribution is 0.0490. The predicted molar refractivity (Wildman–Crippen MR) is 128 cm³/mol. The van der Waals surface area contributed by atoms with Crippen LogP contribution in [-0.2, 0) is 11.2 Å². The van der Waals surface area contributed by atoms with E-state index in [1.165, 1.54) is 6.07 Å². The third-order valence-corrected chi connectivity index (χ3v) is 7.35. The Labute approximate surface area is 198 Å². The number of nitrogens with one attached hydrogen (secondary N) is 1. The van der Waals surface area contributed by atoms with E-state index in [0.717, 1.165) is 49.7 Å². The van der Waals surface area contributed by atoms with Gasteiger partial charge in [-0.15, -0.1) is 0 Å². The molecular formula is C27H30FN3O3. The standard InChI is InChI=1S/C27H30FN3O3/c1-2-13-34-19-9-10-27(16-19)11-12-31(17-27)26(33)22-14-18(7-8-23(22)28)15-24-20-5-3-4-6-21(20)25(32)30-29-24/h3-8,14,19H,2,9-13,15-17H2,1H3,(H,30,32). The van der Waals surface area contributed by atoms with Gasteiger partial charge in [-0.2, -0.15) is 5.10 Å². The van der Waals surface area contributed by atoms with E-state index >= 15 is 0 Å².